The highest BCUT2D eigenvalue weighted by Crippen LogP contribution is 2.40. The van der Waals surface area contributed by atoms with Crippen LogP contribution in [-0.4, -0.2) is 72.6 Å². The summed E-state index contributed by atoms with van der Waals surface area (Å²) in [6.07, 6.45) is 2.38. The SMILES string of the molecule is C=CCOc1ccc(/C(O)=C2\C(=O)C(=O)N(CCCN3CCOCC3)C2c2ccccc2)c(C)c1. The van der Waals surface area contributed by atoms with Gasteiger partial charge in [0.2, 0.25) is 0 Å². The molecule has 0 radical (unpaired) electrons. The van der Waals surface area contributed by atoms with Gasteiger partial charge in [-0.25, -0.2) is 0 Å². The summed E-state index contributed by atoms with van der Waals surface area (Å²) in [5.41, 5.74) is 2.16. The Balaban J connectivity index is 1.65. The molecule has 1 atom stereocenters. The number of benzene rings is 2. The number of Topliss-reactive ketones (excluding diaryl/α,β-unsaturated/α-hetero) is 1. The van der Waals surface area contributed by atoms with Crippen molar-refractivity contribution in [3.8, 4) is 5.75 Å². The largest absolute Gasteiger partial charge is 0.507 e. The van der Waals surface area contributed by atoms with Gasteiger partial charge in [0.1, 0.15) is 18.1 Å². The van der Waals surface area contributed by atoms with Gasteiger partial charge in [-0.05, 0) is 42.7 Å². The quantitative estimate of drug-likeness (QED) is 0.257. The summed E-state index contributed by atoms with van der Waals surface area (Å²) in [7, 11) is 0. The summed E-state index contributed by atoms with van der Waals surface area (Å²) < 4.78 is 11.0. The van der Waals surface area contributed by atoms with Gasteiger partial charge in [0.25, 0.3) is 11.7 Å². The molecule has 0 bridgehead atoms. The number of ether oxygens (including phenoxy) is 2. The Labute approximate surface area is 206 Å². The van der Waals surface area contributed by atoms with Crippen molar-refractivity contribution in [2.75, 3.05) is 46.0 Å². The molecule has 2 fully saturated rings. The zero-order valence-corrected chi connectivity index (χ0v) is 20.1. The molecule has 2 aromatic carbocycles. The highest BCUT2D eigenvalue weighted by atomic mass is 16.5. The highest BCUT2D eigenvalue weighted by Gasteiger charge is 2.45. The molecular weight excluding hydrogens is 444 g/mol. The van der Waals surface area contributed by atoms with Crippen LogP contribution in [0.15, 0.2) is 66.8 Å². The number of carbonyl (C=O) groups is 2. The summed E-state index contributed by atoms with van der Waals surface area (Å²) in [5, 5.41) is 11.3. The highest BCUT2D eigenvalue weighted by molar-refractivity contribution is 6.46. The third kappa shape index (κ3) is 5.47. The van der Waals surface area contributed by atoms with Crippen molar-refractivity contribution in [1.82, 2.24) is 9.80 Å². The minimum atomic E-state index is -0.658. The fourth-order valence-corrected chi connectivity index (χ4v) is 4.67. The molecule has 2 aliphatic rings. The minimum Gasteiger partial charge on any atom is -0.507 e. The first-order chi connectivity index (χ1) is 17.0. The normalized spacial score (nSPS) is 20.3. The van der Waals surface area contributed by atoms with Crippen molar-refractivity contribution in [3.63, 3.8) is 0 Å². The van der Waals surface area contributed by atoms with E-state index in [0.717, 1.165) is 37.2 Å². The first-order valence-electron chi connectivity index (χ1n) is 12.0. The van der Waals surface area contributed by atoms with Gasteiger partial charge in [-0.2, -0.15) is 0 Å². The van der Waals surface area contributed by atoms with Crippen LogP contribution in [0.4, 0.5) is 0 Å². The van der Waals surface area contributed by atoms with E-state index in [1.807, 2.05) is 37.3 Å². The molecule has 7 heteroatoms. The minimum absolute atomic E-state index is 0.121. The number of nitrogens with zero attached hydrogens (tertiary/aromatic N) is 2. The molecular formula is C28H32N2O5. The average molecular weight is 477 g/mol. The summed E-state index contributed by atoms with van der Waals surface area (Å²) in [6, 6.07) is 14.0. The Morgan fingerprint density at radius 2 is 1.89 bits per heavy atom. The fraction of sp³-hybridized carbons (Fsp3) is 0.357. The Morgan fingerprint density at radius 1 is 1.14 bits per heavy atom. The molecule has 2 heterocycles. The molecule has 0 spiro atoms. The molecule has 35 heavy (non-hydrogen) atoms. The lowest BCUT2D eigenvalue weighted by Crippen LogP contribution is -2.38. The standard InChI is InChI=1S/C28H32N2O5/c1-3-16-35-22-10-11-23(20(2)19-22)26(31)24-25(21-8-5-4-6-9-21)30(28(33)27(24)32)13-7-12-29-14-17-34-18-15-29/h3-6,8-11,19,25,31H,1,7,12-18H2,2H3/b26-24+. The molecule has 1 amide bonds. The molecule has 4 rings (SSSR count). The Bertz CT molecular complexity index is 1110. The van der Waals surface area contributed by atoms with Crippen LogP contribution in [0.3, 0.4) is 0 Å². The van der Waals surface area contributed by atoms with E-state index in [9.17, 15) is 14.7 Å². The van der Waals surface area contributed by atoms with Crippen LogP contribution in [0.1, 0.15) is 29.2 Å². The third-order valence-electron chi connectivity index (χ3n) is 6.45. The third-order valence-corrected chi connectivity index (χ3v) is 6.45. The molecule has 184 valence electrons. The van der Waals surface area contributed by atoms with Gasteiger partial charge < -0.3 is 19.5 Å². The average Bonchev–Trinajstić information content (AvgIpc) is 3.13. The number of rotatable bonds is 9. The van der Waals surface area contributed by atoms with Crippen LogP contribution in [0.25, 0.3) is 5.76 Å². The summed E-state index contributed by atoms with van der Waals surface area (Å²) in [4.78, 5) is 30.3. The zero-order chi connectivity index (χ0) is 24.8. The Hall–Kier alpha value is -3.42. The molecule has 1 unspecified atom stereocenters. The maximum atomic E-state index is 13.2. The van der Waals surface area contributed by atoms with Gasteiger partial charge in [0.15, 0.2) is 0 Å². The monoisotopic (exact) mass is 476 g/mol. The lowest BCUT2D eigenvalue weighted by molar-refractivity contribution is -0.140. The predicted molar refractivity (Wildman–Crippen MR) is 134 cm³/mol. The zero-order valence-electron chi connectivity index (χ0n) is 20.1. The van der Waals surface area contributed by atoms with E-state index in [4.69, 9.17) is 9.47 Å². The van der Waals surface area contributed by atoms with Crippen molar-refractivity contribution >= 4 is 17.4 Å². The van der Waals surface area contributed by atoms with E-state index < -0.39 is 17.7 Å². The van der Waals surface area contributed by atoms with Crippen LogP contribution >= 0.6 is 0 Å². The molecule has 2 aromatic rings. The number of likely N-dealkylation sites (tertiary alicyclic amines) is 1. The van der Waals surface area contributed by atoms with E-state index in [1.54, 1.807) is 29.2 Å². The molecule has 0 aromatic heterocycles. The van der Waals surface area contributed by atoms with E-state index in [-0.39, 0.29) is 11.3 Å². The number of ketones is 1. The van der Waals surface area contributed by atoms with Crippen molar-refractivity contribution in [3.05, 3.63) is 83.4 Å². The van der Waals surface area contributed by atoms with Crippen molar-refractivity contribution < 1.29 is 24.2 Å². The van der Waals surface area contributed by atoms with Crippen LogP contribution in [0.5, 0.6) is 5.75 Å². The second kappa shape index (κ2) is 11.3. The van der Waals surface area contributed by atoms with Gasteiger partial charge in [-0.1, -0.05) is 43.0 Å². The number of aliphatic hydroxyl groups is 1. The topological polar surface area (TPSA) is 79.3 Å². The number of hydrogen-bond acceptors (Lipinski definition) is 6. The Morgan fingerprint density at radius 3 is 2.57 bits per heavy atom. The van der Waals surface area contributed by atoms with Crippen molar-refractivity contribution in [1.29, 1.82) is 0 Å². The van der Waals surface area contributed by atoms with Gasteiger partial charge in [0, 0.05) is 31.7 Å². The number of morpholine rings is 1. The molecule has 0 saturated carbocycles. The lowest BCUT2D eigenvalue weighted by Gasteiger charge is -2.29. The van der Waals surface area contributed by atoms with Crippen LogP contribution in [-0.2, 0) is 14.3 Å². The number of aryl methyl sites for hydroxylation is 1. The number of hydrogen-bond donors (Lipinski definition) is 1. The van der Waals surface area contributed by atoms with E-state index in [2.05, 4.69) is 11.5 Å². The van der Waals surface area contributed by atoms with Crippen molar-refractivity contribution in [2.24, 2.45) is 0 Å². The van der Waals surface area contributed by atoms with Crippen molar-refractivity contribution in [2.45, 2.75) is 19.4 Å². The molecule has 2 aliphatic heterocycles. The lowest BCUT2D eigenvalue weighted by atomic mass is 9.94. The maximum Gasteiger partial charge on any atom is 0.295 e. The van der Waals surface area contributed by atoms with Gasteiger partial charge >= 0.3 is 0 Å². The molecule has 1 N–H and O–H groups in total. The van der Waals surface area contributed by atoms with Crippen LogP contribution < -0.4 is 4.74 Å². The summed E-state index contributed by atoms with van der Waals surface area (Å²) >= 11 is 0. The number of aliphatic hydroxyl groups excluding tert-OH is 1. The second-order valence-electron chi connectivity index (χ2n) is 8.79. The van der Waals surface area contributed by atoms with Gasteiger partial charge in [-0.15, -0.1) is 0 Å². The Kier molecular flexibility index (Phi) is 8.00. The number of carbonyl (C=O) groups excluding carboxylic acids is 2. The van der Waals surface area contributed by atoms with E-state index >= 15 is 0 Å². The second-order valence-corrected chi connectivity index (χ2v) is 8.79. The first kappa shape index (κ1) is 24.7. The van der Waals surface area contributed by atoms with E-state index in [0.29, 0.717) is 37.7 Å². The van der Waals surface area contributed by atoms with Gasteiger partial charge in [-0.3, -0.25) is 14.5 Å². The predicted octanol–water partition coefficient (Wildman–Crippen LogP) is 3.70. The molecule has 7 nitrogen and oxygen atoms in total. The fourth-order valence-electron chi connectivity index (χ4n) is 4.67. The number of amides is 1. The van der Waals surface area contributed by atoms with Gasteiger partial charge in [0.05, 0.1) is 24.8 Å². The summed E-state index contributed by atoms with van der Waals surface area (Å²) in [5.74, 6) is -0.761. The van der Waals surface area contributed by atoms with Crippen LogP contribution in [0, 0.1) is 6.92 Å². The summed E-state index contributed by atoms with van der Waals surface area (Å²) in [6.45, 7) is 10.3. The van der Waals surface area contributed by atoms with E-state index in [1.165, 1.54) is 0 Å². The maximum absolute atomic E-state index is 13.2. The molecule has 2 saturated heterocycles. The van der Waals surface area contributed by atoms with Crippen LogP contribution in [0.2, 0.25) is 0 Å². The first-order valence-corrected chi connectivity index (χ1v) is 12.0. The molecule has 0 aliphatic carbocycles. The smallest absolute Gasteiger partial charge is 0.295 e.